The number of nitrogens with one attached hydrogen (secondary N) is 2. The fourth-order valence-corrected chi connectivity index (χ4v) is 4.55. The van der Waals surface area contributed by atoms with Crippen LogP contribution in [0.3, 0.4) is 0 Å². The largest absolute Gasteiger partial charge is 0.339 e. The normalized spacial score (nSPS) is 24.7. The third kappa shape index (κ3) is 3.22. The highest BCUT2D eigenvalue weighted by molar-refractivity contribution is 6.06. The Morgan fingerprint density at radius 3 is 2.67 bits per heavy atom. The molecule has 0 bridgehead atoms. The van der Waals surface area contributed by atoms with Crippen molar-refractivity contribution in [2.75, 3.05) is 17.2 Å². The van der Waals surface area contributed by atoms with Gasteiger partial charge in [0.05, 0.1) is 11.3 Å². The van der Waals surface area contributed by atoms with Crippen LogP contribution in [-0.4, -0.2) is 35.2 Å². The molecule has 1 aromatic rings. The summed E-state index contributed by atoms with van der Waals surface area (Å²) in [5.74, 6) is -0.352. The average molecular weight is 369 g/mol. The number of nitrogens with zero attached hydrogens (tertiary/aromatic N) is 1. The van der Waals surface area contributed by atoms with Gasteiger partial charge in [0.1, 0.15) is 0 Å². The molecule has 1 saturated heterocycles. The SMILES string of the molecule is CC1(C)C(=O)Nc2ccc(NC(=O)C3CC(=O)N(C4CCCCC4)C3)cc21. The van der Waals surface area contributed by atoms with Crippen LogP contribution < -0.4 is 10.6 Å². The summed E-state index contributed by atoms with van der Waals surface area (Å²) < 4.78 is 0. The van der Waals surface area contributed by atoms with E-state index in [4.69, 9.17) is 0 Å². The summed E-state index contributed by atoms with van der Waals surface area (Å²) >= 11 is 0. The van der Waals surface area contributed by atoms with Crippen molar-refractivity contribution in [2.45, 2.75) is 63.8 Å². The lowest BCUT2D eigenvalue weighted by atomic mass is 9.86. The minimum atomic E-state index is -0.614. The van der Waals surface area contributed by atoms with E-state index in [-0.39, 0.29) is 23.6 Å². The van der Waals surface area contributed by atoms with Gasteiger partial charge >= 0.3 is 0 Å². The van der Waals surface area contributed by atoms with Crippen molar-refractivity contribution in [2.24, 2.45) is 5.92 Å². The van der Waals surface area contributed by atoms with Crippen LogP contribution in [-0.2, 0) is 19.8 Å². The first kappa shape index (κ1) is 18.0. The highest BCUT2D eigenvalue weighted by atomic mass is 16.2. The first-order chi connectivity index (χ1) is 12.9. The number of carbonyl (C=O) groups excluding carboxylic acids is 3. The number of anilines is 2. The standard InChI is InChI=1S/C21H27N3O3/c1-21(2)16-11-14(8-9-17(16)23-20(21)27)22-19(26)13-10-18(25)24(12-13)15-6-4-3-5-7-15/h8-9,11,13,15H,3-7,10,12H2,1-2H3,(H,22,26)(H,23,27). The van der Waals surface area contributed by atoms with Gasteiger partial charge in [-0.25, -0.2) is 0 Å². The van der Waals surface area contributed by atoms with E-state index in [1.54, 1.807) is 6.07 Å². The molecule has 6 nitrogen and oxygen atoms in total. The average Bonchev–Trinajstić information content (AvgIpc) is 3.14. The van der Waals surface area contributed by atoms with E-state index < -0.39 is 5.41 Å². The van der Waals surface area contributed by atoms with Gasteiger partial charge in [0.25, 0.3) is 0 Å². The molecule has 3 amide bonds. The van der Waals surface area contributed by atoms with Gasteiger partial charge in [-0.3, -0.25) is 14.4 Å². The summed E-state index contributed by atoms with van der Waals surface area (Å²) in [6.07, 6.45) is 5.99. The predicted molar refractivity (Wildman–Crippen MR) is 103 cm³/mol. The molecular formula is C21H27N3O3. The monoisotopic (exact) mass is 369 g/mol. The number of hydrogen-bond acceptors (Lipinski definition) is 3. The Morgan fingerprint density at radius 2 is 1.93 bits per heavy atom. The molecule has 0 radical (unpaired) electrons. The molecule has 0 spiro atoms. The van der Waals surface area contributed by atoms with E-state index in [2.05, 4.69) is 10.6 Å². The third-order valence-corrected chi connectivity index (χ3v) is 6.32. The maximum Gasteiger partial charge on any atom is 0.234 e. The summed E-state index contributed by atoms with van der Waals surface area (Å²) in [6, 6.07) is 5.79. The Balaban J connectivity index is 1.44. The Hall–Kier alpha value is -2.37. The molecule has 2 N–H and O–H groups in total. The Bertz CT molecular complexity index is 796. The van der Waals surface area contributed by atoms with Gasteiger partial charge in [0.2, 0.25) is 17.7 Å². The molecule has 4 rings (SSSR count). The van der Waals surface area contributed by atoms with Gasteiger partial charge in [-0.1, -0.05) is 19.3 Å². The number of amides is 3. The van der Waals surface area contributed by atoms with Gasteiger partial charge in [-0.15, -0.1) is 0 Å². The van der Waals surface area contributed by atoms with Gasteiger partial charge in [0, 0.05) is 30.4 Å². The van der Waals surface area contributed by atoms with Crippen molar-refractivity contribution in [1.82, 2.24) is 4.90 Å². The zero-order chi connectivity index (χ0) is 19.2. The molecule has 2 fully saturated rings. The second-order valence-corrected chi connectivity index (χ2v) is 8.57. The number of rotatable bonds is 3. The van der Waals surface area contributed by atoms with Crippen LogP contribution in [0, 0.1) is 5.92 Å². The maximum absolute atomic E-state index is 12.7. The molecule has 1 aliphatic carbocycles. The lowest BCUT2D eigenvalue weighted by Crippen LogP contribution is -2.38. The Kier molecular flexibility index (Phi) is 4.44. The first-order valence-electron chi connectivity index (χ1n) is 9.92. The van der Waals surface area contributed by atoms with Crippen LogP contribution >= 0.6 is 0 Å². The molecule has 27 heavy (non-hydrogen) atoms. The highest BCUT2D eigenvalue weighted by Gasteiger charge is 2.40. The molecule has 1 saturated carbocycles. The Morgan fingerprint density at radius 1 is 1.19 bits per heavy atom. The van der Waals surface area contributed by atoms with Gasteiger partial charge in [-0.05, 0) is 50.5 Å². The van der Waals surface area contributed by atoms with Crippen molar-refractivity contribution in [3.63, 3.8) is 0 Å². The quantitative estimate of drug-likeness (QED) is 0.860. The van der Waals surface area contributed by atoms with Crippen LogP contribution in [0.4, 0.5) is 11.4 Å². The molecule has 1 unspecified atom stereocenters. The summed E-state index contributed by atoms with van der Waals surface area (Å²) in [7, 11) is 0. The predicted octanol–water partition coefficient (Wildman–Crippen LogP) is 3.04. The molecule has 6 heteroatoms. The van der Waals surface area contributed by atoms with E-state index in [9.17, 15) is 14.4 Å². The van der Waals surface area contributed by atoms with Crippen LogP contribution in [0.25, 0.3) is 0 Å². The van der Waals surface area contributed by atoms with E-state index >= 15 is 0 Å². The summed E-state index contributed by atoms with van der Waals surface area (Å²) in [5.41, 5.74) is 1.74. The number of carbonyl (C=O) groups is 3. The molecule has 3 aliphatic rings. The van der Waals surface area contributed by atoms with Crippen molar-refractivity contribution in [3.8, 4) is 0 Å². The third-order valence-electron chi connectivity index (χ3n) is 6.32. The van der Waals surface area contributed by atoms with Crippen molar-refractivity contribution in [1.29, 1.82) is 0 Å². The molecule has 144 valence electrons. The van der Waals surface area contributed by atoms with Crippen molar-refractivity contribution < 1.29 is 14.4 Å². The molecule has 0 aromatic heterocycles. The molecule has 2 aliphatic heterocycles. The summed E-state index contributed by atoms with van der Waals surface area (Å²) in [5, 5.41) is 5.82. The van der Waals surface area contributed by atoms with Gasteiger partial charge in [0.15, 0.2) is 0 Å². The zero-order valence-electron chi connectivity index (χ0n) is 16.0. The van der Waals surface area contributed by atoms with E-state index in [1.165, 1.54) is 19.3 Å². The van der Waals surface area contributed by atoms with Crippen LogP contribution in [0.2, 0.25) is 0 Å². The topological polar surface area (TPSA) is 78.5 Å². The minimum absolute atomic E-state index is 0.0366. The fraction of sp³-hybridized carbons (Fsp3) is 0.571. The second-order valence-electron chi connectivity index (χ2n) is 8.57. The van der Waals surface area contributed by atoms with Crippen molar-refractivity contribution in [3.05, 3.63) is 23.8 Å². The number of hydrogen-bond donors (Lipinski definition) is 2. The van der Waals surface area contributed by atoms with Crippen LogP contribution in [0.5, 0.6) is 0 Å². The number of likely N-dealkylation sites (tertiary alicyclic amines) is 1. The first-order valence-corrected chi connectivity index (χ1v) is 9.92. The van der Waals surface area contributed by atoms with Gasteiger partial charge in [-0.2, -0.15) is 0 Å². The molecule has 2 heterocycles. The Labute approximate surface area is 159 Å². The van der Waals surface area contributed by atoms with E-state index in [0.717, 1.165) is 24.1 Å². The molecular weight excluding hydrogens is 342 g/mol. The lowest BCUT2D eigenvalue weighted by Gasteiger charge is -2.31. The second kappa shape index (κ2) is 6.66. The highest BCUT2D eigenvalue weighted by Crippen LogP contribution is 2.39. The minimum Gasteiger partial charge on any atom is -0.339 e. The maximum atomic E-state index is 12.7. The fourth-order valence-electron chi connectivity index (χ4n) is 4.55. The van der Waals surface area contributed by atoms with Crippen LogP contribution in [0.1, 0.15) is 57.9 Å². The van der Waals surface area contributed by atoms with Gasteiger partial charge < -0.3 is 15.5 Å². The summed E-state index contributed by atoms with van der Waals surface area (Å²) in [4.78, 5) is 39.2. The zero-order valence-corrected chi connectivity index (χ0v) is 16.0. The summed E-state index contributed by atoms with van der Waals surface area (Å²) in [6.45, 7) is 4.26. The lowest BCUT2D eigenvalue weighted by molar-refractivity contribution is -0.130. The molecule has 1 atom stereocenters. The van der Waals surface area contributed by atoms with Crippen LogP contribution in [0.15, 0.2) is 18.2 Å². The van der Waals surface area contributed by atoms with E-state index in [0.29, 0.717) is 24.7 Å². The molecule has 1 aromatic carbocycles. The smallest absolute Gasteiger partial charge is 0.234 e. The number of fused-ring (bicyclic) bond motifs is 1. The number of benzene rings is 1. The van der Waals surface area contributed by atoms with E-state index in [1.807, 2.05) is 30.9 Å². The van der Waals surface area contributed by atoms with Crippen molar-refractivity contribution >= 4 is 29.1 Å².